The van der Waals surface area contributed by atoms with Crippen LogP contribution < -0.4 is 15.0 Å². The van der Waals surface area contributed by atoms with Gasteiger partial charge in [-0.15, -0.1) is 0 Å². The number of halogens is 1. The van der Waals surface area contributed by atoms with Gasteiger partial charge in [-0.2, -0.15) is 0 Å². The number of nitrogens with one attached hydrogen (secondary N) is 1. The van der Waals surface area contributed by atoms with Crippen molar-refractivity contribution in [2.45, 2.75) is 25.4 Å². The molecule has 1 aromatic rings. The summed E-state index contributed by atoms with van der Waals surface area (Å²) in [6.45, 7) is 4.80. The van der Waals surface area contributed by atoms with E-state index in [0.29, 0.717) is 18.0 Å². The van der Waals surface area contributed by atoms with Gasteiger partial charge in [0.2, 0.25) is 0 Å². The van der Waals surface area contributed by atoms with E-state index in [-0.39, 0.29) is 11.9 Å². The van der Waals surface area contributed by atoms with Crippen molar-refractivity contribution in [2.75, 3.05) is 44.3 Å². The fourth-order valence-corrected chi connectivity index (χ4v) is 2.87. The van der Waals surface area contributed by atoms with Gasteiger partial charge in [0.25, 0.3) is 0 Å². The van der Waals surface area contributed by atoms with Gasteiger partial charge < -0.3 is 19.7 Å². The zero-order valence-corrected chi connectivity index (χ0v) is 12.3. The molecule has 2 fully saturated rings. The van der Waals surface area contributed by atoms with Gasteiger partial charge in [-0.1, -0.05) is 0 Å². The molecule has 2 aliphatic rings. The monoisotopic (exact) mass is 294 g/mol. The SMILES string of the molecule is Fc1cc(OCC2CCCCO2)ccc1N1CCNCC1. The summed E-state index contributed by atoms with van der Waals surface area (Å²) in [7, 11) is 0. The highest BCUT2D eigenvalue weighted by molar-refractivity contribution is 5.51. The third kappa shape index (κ3) is 3.86. The summed E-state index contributed by atoms with van der Waals surface area (Å²) in [4.78, 5) is 2.07. The van der Waals surface area contributed by atoms with Crippen LogP contribution >= 0.6 is 0 Å². The van der Waals surface area contributed by atoms with E-state index in [9.17, 15) is 4.39 Å². The molecule has 0 amide bonds. The van der Waals surface area contributed by atoms with Crippen molar-refractivity contribution in [3.05, 3.63) is 24.0 Å². The van der Waals surface area contributed by atoms with Gasteiger partial charge in [-0.05, 0) is 31.4 Å². The molecule has 1 N–H and O–H groups in total. The standard InChI is InChI=1S/C16H23FN2O2/c17-15-11-13(21-12-14-3-1-2-10-20-14)4-5-16(15)19-8-6-18-7-9-19/h4-5,11,14,18H,1-3,6-10,12H2. The summed E-state index contributed by atoms with van der Waals surface area (Å²) >= 11 is 0. The summed E-state index contributed by atoms with van der Waals surface area (Å²) in [6, 6.07) is 5.15. The topological polar surface area (TPSA) is 33.7 Å². The fourth-order valence-electron chi connectivity index (χ4n) is 2.87. The summed E-state index contributed by atoms with van der Waals surface area (Å²) in [5.74, 6) is 0.375. The zero-order chi connectivity index (χ0) is 14.5. The first-order valence-electron chi connectivity index (χ1n) is 7.82. The van der Waals surface area contributed by atoms with Crippen molar-refractivity contribution in [3.8, 4) is 5.75 Å². The third-order valence-corrected chi connectivity index (χ3v) is 4.09. The van der Waals surface area contributed by atoms with E-state index in [1.54, 1.807) is 0 Å². The van der Waals surface area contributed by atoms with Crippen LogP contribution in [0, 0.1) is 5.82 Å². The summed E-state index contributed by atoms with van der Waals surface area (Å²) in [5.41, 5.74) is 0.665. The molecular weight excluding hydrogens is 271 g/mol. The van der Waals surface area contributed by atoms with E-state index in [2.05, 4.69) is 10.2 Å². The first kappa shape index (κ1) is 14.6. The van der Waals surface area contributed by atoms with E-state index in [4.69, 9.17) is 9.47 Å². The molecule has 0 saturated carbocycles. The zero-order valence-electron chi connectivity index (χ0n) is 12.3. The van der Waals surface area contributed by atoms with Crippen LogP contribution in [-0.2, 0) is 4.74 Å². The minimum absolute atomic E-state index is 0.148. The lowest BCUT2D eigenvalue weighted by Crippen LogP contribution is -2.43. The molecule has 3 rings (SSSR count). The van der Waals surface area contributed by atoms with Crippen molar-refractivity contribution in [2.24, 2.45) is 0 Å². The van der Waals surface area contributed by atoms with Gasteiger partial charge in [-0.25, -0.2) is 4.39 Å². The normalized spacial score (nSPS) is 23.1. The minimum atomic E-state index is -0.209. The highest BCUT2D eigenvalue weighted by Gasteiger charge is 2.17. The van der Waals surface area contributed by atoms with Gasteiger partial charge in [0.1, 0.15) is 18.2 Å². The average molecular weight is 294 g/mol. The summed E-state index contributed by atoms with van der Waals surface area (Å²) in [6.07, 6.45) is 3.49. The Hall–Kier alpha value is -1.33. The molecule has 1 unspecified atom stereocenters. The van der Waals surface area contributed by atoms with Crippen molar-refractivity contribution in [1.82, 2.24) is 5.32 Å². The van der Waals surface area contributed by atoms with Crippen LogP contribution in [0.3, 0.4) is 0 Å². The van der Waals surface area contributed by atoms with Gasteiger partial charge in [0.05, 0.1) is 11.8 Å². The maximum Gasteiger partial charge on any atom is 0.150 e. The second-order valence-electron chi connectivity index (χ2n) is 5.65. The molecule has 0 bridgehead atoms. The maximum absolute atomic E-state index is 14.2. The molecule has 0 aliphatic carbocycles. The second kappa shape index (κ2) is 7.09. The van der Waals surface area contributed by atoms with Crippen LogP contribution in [0.2, 0.25) is 0 Å². The van der Waals surface area contributed by atoms with Gasteiger partial charge in [0.15, 0.2) is 0 Å². The lowest BCUT2D eigenvalue weighted by Gasteiger charge is -2.29. The first-order valence-corrected chi connectivity index (χ1v) is 7.82. The fraction of sp³-hybridized carbons (Fsp3) is 0.625. The molecule has 0 radical (unpaired) electrons. The Morgan fingerprint density at radius 3 is 2.86 bits per heavy atom. The molecule has 21 heavy (non-hydrogen) atoms. The summed E-state index contributed by atoms with van der Waals surface area (Å²) in [5, 5.41) is 3.27. The van der Waals surface area contributed by atoms with Crippen LogP contribution in [-0.4, -0.2) is 45.5 Å². The lowest BCUT2D eigenvalue weighted by molar-refractivity contribution is -0.0111. The predicted octanol–water partition coefficient (Wildman–Crippen LogP) is 2.18. The van der Waals surface area contributed by atoms with Crippen LogP contribution in [0.25, 0.3) is 0 Å². The molecule has 1 atom stereocenters. The van der Waals surface area contributed by atoms with Gasteiger partial charge in [-0.3, -0.25) is 0 Å². The van der Waals surface area contributed by atoms with E-state index < -0.39 is 0 Å². The minimum Gasteiger partial charge on any atom is -0.491 e. The second-order valence-corrected chi connectivity index (χ2v) is 5.65. The first-order chi connectivity index (χ1) is 10.3. The van der Waals surface area contributed by atoms with Crippen LogP contribution in [0.15, 0.2) is 18.2 Å². The van der Waals surface area contributed by atoms with E-state index in [0.717, 1.165) is 45.6 Å². The smallest absolute Gasteiger partial charge is 0.150 e. The Kier molecular flexibility index (Phi) is 4.93. The predicted molar refractivity (Wildman–Crippen MR) is 80.6 cm³/mol. The van der Waals surface area contributed by atoms with Crippen LogP contribution in [0.1, 0.15) is 19.3 Å². The molecule has 0 aromatic heterocycles. The van der Waals surface area contributed by atoms with Gasteiger partial charge >= 0.3 is 0 Å². The number of hydrogen-bond donors (Lipinski definition) is 1. The Bertz CT molecular complexity index is 458. The molecular formula is C16H23FN2O2. The highest BCUT2D eigenvalue weighted by Crippen LogP contribution is 2.25. The van der Waals surface area contributed by atoms with Gasteiger partial charge in [0, 0.05) is 38.9 Å². The summed E-state index contributed by atoms with van der Waals surface area (Å²) < 4.78 is 25.5. The van der Waals surface area contributed by atoms with Crippen molar-refractivity contribution in [3.63, 3.8) is 0 Å². The van der Waals surface area contributed by atoms with Crippen molar-refractivity contribution >= 4 is 5.69 Å². The number of rotatable bonds is 4. The highest BCUT2D eigenvalue weighted by atomic mass is 19.1. The average Bonchev–Trinajstić information content (AvgIpc) is 2.55. The number of ether oxygens (including phenoxy) is 2. The Morgan fingerprint density at radius 2 is 2.14 bits per heavy atom. The third-order valence-electron chi connectivity index (χ3n) is 4.09. The maximum atomic E-state index is 14.2. The molecule has 2 aliphatic heterocycles. The molecule has 116 valence electrons. The van der Waals surface area contributed by atoms with E-state index in [1.165, 1.54) is 12.5 Å². The molecule has 2 heterocycles. The number of piperazine rings is 1. The quantitative estimate of drug-likeness (QED) is 0.923. The Morgan fingerprint density at radius 1 is 1.29 bits per heavy atom. The van der Waals surface area contributed by atoms with Crippen molar-refractivity contribution < 1.29 is 13.9 Å². The Balaban J connectivity index is 1.58. The van der Waals surface area contributed by atoms with Crippen LogP contribution in [0.4, 0.5) is 10.1 Å². The lowest BCUT2D eigenvalue weighted by atomic mass is 10.1. The Labute approximate surface area is 125 Å². The molecule has 2 saturated heterocycles. The van der Waals surface area contributed by atoms with E-state index >= 15 is 0 Å². The number of anilines is 1. The molecule has 4 nitrogen and oxygen atoms in total. The molecule has 5 heteroatoms. The van der Waals surface area contributed by atoms with Crippen LogP contribution in [0.5, 0.6) is 5.75 Å². The largest absolute Gasteiger partial charge is 0.491 e. The number of nitrogens with zero attached hydrogens (tertiary/aromatic N) is 1. The molecule has 0 spiro atoms. The number of benzene rings is 1. The van der Waals surface area contributed by atoms with E-state index in [1.807, 2.05) is 12.1 Å². The van der Waals surface area contributed by atoms with Crippen molar-refractivity contribution in [1.29, 1.82) is 0 Å². The molecule has 1 aromatic carbocycles. The number of hydrogen-bond acceptors (Lipinski definition) is 4.